The molecule has 1 heterocycles. The molecule has 1 fully saturated rings. The number of hydrogen-bond acceptors (Lipinski definition) is 6. The minimum Gasteiger partial charge on any atom is -0.731 e. The highest BCUT2D eigenvalue weighted by molar-refractivity contribution is 7.84. The highest BCUT2D eigenvalue weighted by Gasteiger charge is 2.57. The Labute approximate surface area is 249 Å². The first-order valence-electron chi connectivity index (χ1n) is 15.6. The average molecular weight is 598 g/mol. The molecule has 1 atom stereocenters. The number of ether oxygens (including phenoxy) is 1. The van der Waals surface area contributed by atoms with Gasteiger partial charge in [-0.1, -0.05) is 97.1 Å². The Kier molecular flexibility index (Phi) is 17.4. The summed E-state index contributed by atoms with van der Waals surface area (Å²) in [7, 11) is -4.91. The lowest BCUT2D eigenvalue weighted by Gasteiger charge is -2.48. The van der Waals surface area contributed by atoms with E-state index in [0.717, 1.165) is 12.0 Å². The summed E-state index contributed by atoms with van der Waals surface area (Å²) in [5.74, 6) is -1.55. The lowest BCUT2D eigenvalue weighted by molar-refractivity contribution is -0.929. The number of hydrogen-bond donors (Lipinski definition) is 1. The topological polar surface area (TPSA) is 116 Å². The van der Waals surface area contributed by atoms with Crippen LogP contribution >= 0.6 is 0 Å². The third kappa shape index (κ3) is 12.8. The molecule has 0 bridgehead atoms. The van der Waals surface area contributed by atoms with Crippen LogP contribution < -0.4 is 5.32 Å². The number of amides is 2. The van der Waals surface area contributed by atoms with Crippen LogP contribution in [0.2, 0.25) is 0 Å². The van der Waals surface area contributed by atoms with E-state index in [4.69, 9.17) is 4.74 Å². The average Bonchev–Trinajstić information content (AvgIpc) is 2.95. The van der Waals surface area contributed by atoms with Gasteiger partial charge in [0.1, 0.15) is 0 Å². The fourth-order valence-electron chi connectivity index (χ4n) is 4.96. The highest BCUT2D eigenvalue weighted by atomic mass is 32.2. The molecular formula is C31H55N3O6S. The van der Waals surface area contributed by atoms with Crippen LogP contribution in [-0.4, -0.2) is 78.6 Å². The zero-order valence-corrected chi connectivity index (χ0v) is 27.0. The number of unbranched alkanes of at least 4 members (excludes halogenated alkanes) is 5. The van der Waals surface area contributed by atoms with Crippen LogP contribution in [0.25, 0.3) is 0 Å². The van der Waals surface area contributed by atoms with Crippen LogP contribution in [0, 0.1) is 0 Å². The summed E-state index contributed by atoms with van der Waals surface area (Å²) in [4.78, 5) is 24.3. The molecular weight excluding hydrogens is 542 g/mol. The van der Waals surface area contributed by atoms with Crippen LogP contribution in [-0.2, 0) is 31.1 Å². The van der Waals surface area contributed by atoms with Crippen molar-refractivity contribution in [2.45, 2.75) is 111 Å². The van der Waals surface area contributed by atoms with Crippen molar-refractivity contribution in [3.8, 4) is 0 Å². The lowest BCUT2D eigenvalue weighted by Crippen LogP contribution is -2.76. The Morgan fingerprint density at radius 2 is 1.34 bits per heavy atom. The molecule has 0 saturated carbocycles. The number of rotatable bonds is 20. The Hall–Kier alpha value is -2.01. The molecule has 0 aromatic heterocycles. The van der Waals surface area contributed by atoms with Gasteiger partial charge in [-0.05, 0) is 37.7 Å². The zero-order valence-electron chi connectivity index (χ0n) is 26.2. The third-order valence-electron chi connectivity index (χ3n) is 7.55. The third-order valence-corrected chi connectivity index (χ3v) is 8.38. The Balaban J connectivity index is 0.000000438. The molecule has 1 saturated heterocycles. The van der Waals surface area contributed by atoms with Gasteiger partial charge in [-0.3, -0.25) is 9.59 Å². The van der Waals surface area contributed by atoms with E-state index < -0.39 is 34.4 Å². The van der Waals surface area contributed by atoms with Crippen molar-refractivity contribution in [3.63, 3.8) is 0 Å². The summed E-state index contributed by atoms with van der Waals surface area (Å²) in [6.07, 6.45) is 12.5. The van der Waals surface area contributed by atoms with Crippen LogP contribution in [0.5, 0.6) is 0 Å². The molecule has 10 heteroatoms. The summed E-state index contributed by atoms with van der Waals surface area (Å²) >= 11 is 0. The number of nitrogens with zero attached hydrogens (tertiary/aromatic N) is 2. The minimum absolute atomic E-state index is 0.0110. The van der Waals surface area contributed by atoms with Crippen LogP contribution in [0.15, 0.2) is 30.3 Å². The monoisotopic (exact) mass is 597 g/mol. The SMILES string of the molecule is CCCCOC1(NC(=O)Cc2ccccc2)CN(S(=O)(=O)[O-])C1=O.CCCC[N+](CCCC)(CCCC)CCCC. The van der Waals surface area contributed by atoms with E-state index in [1.165, 1.54) is 82.0 Å². The van der Waals surface area contributed by atoms with E-state index in [2.05, 4.69) is 33.0 Å². The highest BCUT2D eigenvalue weighted by Crippen LogP contribution is 2.27. The quantitative estimate of drug-likeness (QED) is 0.0730. The molecule has 9 nitrogen and oxygen atoms in total. The molecule has 1 N–H and O–H groups in total. The summed E-state index contributed by atoms with van der Waals surface area (Å²) in [6, 6.07) is 8.86. The van der Waals surface area contributed by atoms with E-state index in [9.17, 15) is 22.6 Å². The van der Waals surface area contributed by atoms with E-state index in [0.29, 0.717) is 6.42 Å². The van der Waals surface area contributed by atoms with Crippen LogP contribution in [0.4, 0.5) is 0 Å². The Morgan fingerprint density at radius 3 is 1.73 bits per heavy atom. The fourth-order valence-corrected chi connectivity index (χ4v) is 5.65. The maximum absolute atomic E-state index is 12.2. The van der Waals surface area contributed by atoms with Crippen LogP contribution in [0.1, 0.15) is 104 Å². The van der Waals surface area contributed by atoms with Crippen molar-refractivity contribution in [2.24, 2.45) is 0 Å². The maximum atomic E-state index is 12.2. The summed E-state index contributed by atoms with van der Waals surface area (Å²) in [6.45, 7) is 16.6. The summed E-state index contributed by atoms with van der Waals surface area (Å²) in [5, 5.41) is 2.43. The Bertz CT molecular complexity index is 951. The zero-order chi connectivity index (χ0) is 30.8. The van der Waals surface area contributed by atoms with E-state index in [1.54, 1.807) is 24.3 Å². The van der Waals surface area contributed by atoms with Gasteiger partial charge in [-0.2, -0.15) is 0 Å². The summed E-state index contributed by atoms with van der Waals surface area (Å²) in [5.41, 5.74) is -1.04. The smallest absolute Gasteiger partial charge is 0.290 e. The molecule has 1 aromatic carbocycles. The predicted molar refractivity (Wildman–Crippen MR) is 163 cm³/mol. The van der Waals surface area contributed by atoms with E-state index >= 15 is 0 Å². The van der Waals surface area contributed by atoms with Gasteiger partial charge in [0.25, 0.3) is 5.91 Å². The molecule has 0 radical (unpaired) electrons. The first-order chi connectivity index (χ1) is 19.5. The molecule has 1 unspecified atom stereocenters. The molecule has 236 valence electrons. The van der Waals surface area contributed by atoms with Crippen LogP contribution in [0.3, 0.4) is 0 Å². The van der Waals surface area contributed by atoms with Gasteiger partial charge in [0.2, 0.25) is 11.6 Å². The van der Waals surface area contributed by atoms with Gasteiger partial charge in [0.15, 0.2) is 10.3 Å². The van der Waals surface area contributed by atoms with Crippen molar-refractivity contribution in [1.82, 2.24) is 9.62 Å². The molecule has 41 heavy (non-hydrogen) atoms. The van der Waals surface area contributed by atoms with Gasteiger partial charge in [0, 0.05) is 0 Å². The molecule has 1 aliphatic heterocycles. The fraction of sp³-hybridized carbons (Fsp3) is 0.742. The molecule has 1 aliphatic rings. The summed E-state index contributed by atoms with van der Waals surface area (Å²) < 4.78 is 40.0. The first kappa shape index (κ1) is 37.0. The number of benzene rings is 1. The van der Waals surface area contributed by atoms with Gasteiger partial charge in [0.05, 0.1) is 45.8 Å². The van der Waals surface area contributed by atoms with Crippen molar-refractivity contribution in [1.29, 1.82) is 0 Å². The first-order valence-corrected chi connectivity index (χ1v) is 17.0. The lowest BCUT2D eigenvalue weighted by atomic mass is 10.0. The molecule has 2 amide bonds. The second-order valence-corrected chi connectivity index (χ2v) is 12.5. The van der Waals surface area contributed by atoms with Gasteiger partial charge in [-0.15, -0.1) is 0 Å². The largest absolute Gasteiger partial charge is 0.731 e. The van der Waals surface area contributed by atoms with Gasteiger partial charge >= 0.3 is 0 Å². The minimum atomic E-state index is -4.91. The number of carbonyl (C=O) groups is 2. The second-order valence-electron chi connectivity index (χ2n) is 11.2. The van der Waals surface area contributed by atoms with Crippen molar-refractivity contribution in [3.05, 3.63) is 35.9 Å². The van der Waals surface area contributed by atoms with Crippen molar-refractivity contribution in [2.75, 3.05) is 39.3 Å². The van der Waals surface area contributed by atoms with E-state index in [-0.39, 0.29) is 17.3 Å². The maximum Gasteiger partial charge on any atom is 0.290 e. The molecule has 1 aromatic rings. The molecule has 0 aliphatic carbocycles. The normalized spacial score (nSPS) is 17.0. The number of quaternary nitrogens is 1. The van der Waals surface area contributed by atoms with Gasteiger partial charge in [-0.25, -0.2) is 12.7 Å². The van der Waals surface area contributed by atoms with Crippen molar-refractivity contribution >= 4 is 22.1 Å². The van der Waals surface area contributed by atoms with Gasteiger partial charge < -0.3 is 19.1 Å². The number of carbonyl (C=O) groups excluding carboxylic acids is 2. The number of nitrogens with one attached hydrogen (secondary N) is 1. The number of β-lactam (4-membered cyclic amide) rings is 1. The second kappa shape index (κ2) is 19.2. The van der Waals surface area contributed by atoms with E-state index in [1.807, 2.05) is 13.0 Å². The molecule has 2 rings (SSSR count). The predicted octanol–water partition coefficient (Wildman–Crippen LogP) is 5.16. The molecule has 0 spiro atoms. The Morgan fingerprint density at radius 1 is 0.878 bits per heavy atom. The van der Waals surface area contributed by atoms with Crippen molar-refractivity contribution < 1.29 is 31.8 Å². The standard InChI is InChI=1S/C16H36N.C15H20N2O6S/c1-5-9-13-17(14-10-6-2,15-11-7-3)16-12-8-4;1-2-3-9-23-15(11-17(14(15)19)24(20,21)22)16-13(18)10-12-7-5-4-6-8-12/h5-16H2,1-4H3;4-8H,2-3,9-11H2,1H3,(H,16,18)(H,20,21,22)/q+1;/p-1.